The number of halogens is 1. The van der Waals surface area contributed by atoms with Gasteiger partial charge in [-0.2, -0.15) is 5.10 Å². The number of alkyl halides is 1. The maximum Gasteiger partial charge on any atom is 0.196 e. The van der Waals surface area contributed by atoms with Gasteiger partial charge in [0.1, 0.15) is 4.32 Å². The molecule has 0 amide bonds. The third kappa shape index (κ3) is 1.16. The number of hydrogen-bond acceptors (Lipinski definition) is 3. The zero-order chi connectivity index (χ0) is 13.8. The highest BCUT2D eigenvalue weighted by Crippen LogP contribution is 2.56. The van der Waals surface area contributed by atoms with Crippen molar-refractivity contribution in [3.05, 3.63) is 71.3 Å². The van der Waals surface area contributed by atoms with Gasteiger partial charge >= 0.3 is 0 Å². The number of benzene rings is 2. The molecule has 98 valence electrons. The third-order valence-corrected chi connectivity index (χ3v) is 5.36. The van der Waals surface area contributed by atoms with Crippen molar-refractivity contribution in [2.24, 2.45) is 5.10 Å². The number of Topliss-reactive ketones (excluding diaryl/α,β-unsaturated/α-hetero) is 1. The lowest BCUT2D eigenvalue weighted by atomic mass is 9.80. The highest BCUT2D eigenvalue weighted by Gasteiger charge is 2.65. The molecule has 0 unspecified atom stereocenters. The van der Waals surface area contributed by atoms with Crippen LogP contribution in [0.25, 0.3) is 0 Å². The van der Waals surface area contributed by atoms with E-state index in [4.69, 9.17) is 0 Å². The van der Waals surface area contributed by atoms with Crippen LogP contribution in [0.1, 0.15) is 21.5 Å². The van der Waals surface area contributed by atoms with E-state index in [2.05, 4.69) is 26.5 Å². The molecule has 0 spiro atoms. The standard InChI is InChI=1S/C16H11BrN2O/c17-15-10-18-19-16(15,11-6-2-1-3-7-11)14(20)12-8-4-5-9-13(12)15/h1-10,19H/t15-,16+/m1/s1. The van der Waals surface area contributed by atoms with E-state index in [1.807, 2.05) is 54.6 Å². The summed E-state index contributed by atoms with van der Waals surface area (Å²) >= 11 is 3.77. The Hall–Kier alpha value is -1.94. The van der Waals surface area contributed by atoms with E-state index in [0.717, 1.165) is 16.7 Å². The molecule has 1 aliphatic heterocycles. The van der Waals surface area contributed by atoms with Crippen LogP contribution >= 0.6 is 15.9 Å². The average molecular weight is 327 g/mol. The van der Waals surface area contributed by atoms with Crippen molar-refractivity contribution in [3.63, 3.8) is 0 Å². The Labute approximate surface area is 124 Å². The molecular formula is C16H11BrN2O. The number of nitrogens with zero attached hydrogens (tertiary/aromatic N) is 1. The Bertz CT molecular complexity index is 743. The van der Waals surface area contributed by atoms with Gasteiger partial charge in [-0.3, -0.25) is 10.2 Å². The third-order valence-electron chi connectivity index (χ3n) is 4.13. The van der Waals surface area contributed by atoms with Crippen molar-refractivity contribution < 1.29 is 4.79 Å². The summed E-state index contributed by atoms with van der Waals surface area (Å²) in [5.41, 5.74) is 4.78. The van der Waals surface area contributed by atoms with E-state index in [1.54, 1.807) is 6.21 Å². The number of rotatable bonds is 1. The summed E-state index contributed by atoms with van der Waals surface area (Å²) in [6, 6.07) is 17.4. The van der Waals surface area contributed by atoms with Gasteiger partial charge in [0, 0.05) is 11.8 Å². The first-order chi connectivity index (χ1) is 9.70. The van der Waals surface area contributed by atoms with E-state index in [0.29, 0.717) is 0 Å². The molecule has 0 radical (unpaired) electrons. The molecule has 2 aliphatic rings. The normalized spacial score (nSPS) is 29.9. The van der Waals surface area contributed by atoms with Crippen LogP contribution in [0.4, 0.5) is 0 Å². The van der Waals surface area contributed by atoms with E-state index in [9.17, 15) is 4.79 Å². The summed E-state index contributed by atoms with van der Waals surface area (Å²) in [6.07, 6.45) is 1.78. The van der Waals surface area contributed by atoms with E-state index < -0.39 is 9.86 Å². The SMILES string of the molecule is O=C1c2ccccc2[C@]2(Br)C=NN[C@@]12c1ccccc1. The number of carbonyl (C=O) groups excluding carboxylic acids is 1. The lowest BCUT2D eigenvalue weighted by Gasteiger charge is -2.33. The number of fused-ring (bicyclic) bond motifs is 3. The van der Waals surface area contributed by atoms with Gasteiger partial charge in [0.25, 0.3) is 0 Å². The Morgan fingerprint density at radius 2 is 1.70 bits per heavy atom. The minimum atomic E-state index is -0.891. The summed E-state index contributed by atoms with van der Waals surface area (Å²) in [5.74, 6) is 0.0497. The first-order valence-corrected chi connectivity index (χ1v) is 7.19. The van der Waals surface area contributed by atoms with Gasteiger partial charge in [0.2, 0.25) is 0 Å². The smallest absolute Gasteiger partial charge is 0.196 e. The van der Waals surface area contributed by atoms with Crippen molar-refractivity contribution in [3.8, 4) is 0 Å². The van der Waals surface area contributed by atoms with Gasteiger partial charge < -0.3 is 0 Å². The van der Waals surface area contributed by atoms with Crippen LogP contribution < -0.4 is 5.43 Å². The molecule has 4 rings (SSSR count). The highest BCUT2D eigenvalue weighted by atomic mass is 79.9. The quantitative estimate of drug-likeness (QED) is 0.818. The molecule has 0 saturated carbocycles. The van der Waals surface area contributed by atoms with Crippen LogP contribution in [0.3, 0.4) is 0 Å². The zero-order valence-corrected chi connectivity index (χ0v) is 12.1. The van der Waals surface area contributed by atoms with E-state index >= 15 is 0 Å². The molecule has 4 heteroatoms. The molecule has 0 aromatic heterocycles. The fourth-order valence-corrected chi connectivity index (χ4v) is 4.12. The molecule has 1 heterocycles. The average Bonchev–Trinajstić information content (AvgIpc) is 2.94. The Balaban J connectivity index is 2.05. The number of hydrogen-bond donors (Lipinski definition) is 1. The van der Waals surface area contributed by atoms with Crippen molar-refractivity contribution >= 4 is 27.9 Å². The molecule has 2 aromatic rings. The van der Waals surface area contributed by atoms with Crippen molar-refractivity contribution in [1.29, 1.82) is 0 Å². The van der Waals surface area contributed by atoms with Crippen LogP contribution in [-0.4, -0.2) is 12.0 Å². The minimum Gasteiger partial charge on any atom is -0.291 e. The summed E-state index contributed by atoms with van der Waals surface area (Å²) < 4.78 is -0.630. The van der Waals surface area contributed by atoms with Gasteiger partial charge in [-0.1, -0.05) is 70.5 Å². The maximum atomic E-state index is 13.0. The second-order valence-corrected chi connectivity index (χ2v) is 6.32. The minimum absolute atomic E-state index is 0.0497. The van der Waals surface area contributed by atoms with E-state index in [1.165, 1.54) is 0 Å². The van der Waals surface area contributed by atoms with Gasteiger partial charge in [-0.25, -0.2) is 0 Å². The highest BCUT2D eigenvalue weighted by molar-refractivity contribution is 9.10. The number of ketones is 1. The second-order valence-electron chi connectivity index (χ2n) is 5.07. The van der Waals surface area contributed by atoms with Gasteiger partial charge in [-0.05, 0) is 11.1 Å². The molecule has 0 saturated heterocycles. The fraction of sp³-hybridized carbons (Fsp3) is 0.125. The van der Waals surface area contributed by atoms with E-state index in [-0.39, 0.29) is 5.78 Å². The lowest BCUT2D eigenvalue weighted by Crippen LogP contribution is -2.51. The Morgan fingerprint density at radius 1 is 1.00 bits per heavy atom. The molecule has 3 nitrogen and oxygen atoms in total. The van der Waals surface area contributed by atoms with Crippen LogP contribution in [0.15, 0.2) is 59.7 Å². The molecule has 20 heavy (non-hydrogen) atoms. The summed E-state index contributed by atoms with van der Waals surface area (Å²) in [7, 11) is 0. The molecule has 1 N–H and O–H groups in total. The zero-order valence-electron chi connectivity index (χ0n) is 10.5. The number of hydrazone groups is 1. The molecule has 0 bridgehead atoms. The number of carbonyl (C=O) groups is 1. The van der Waals surface area contributed by atoms with Crippen molar-refractivity contribution in [2.75, 3.05) is 0 Å². The topological polar surface area (TPSA) is 41.5 Å². The molecule has 1 aliphatic carbocycles. The molecule has 2 aromatic carbocycles. The summed E-state index contributed by atoms with van der Waals surface area (Å²) in [5, 5.41) is 4.19. The van der Waals surface area contributed by atoms with Crippen LogP contribution in [-0.2, 0) is 9.86 Å². The lowest BCUT2D eigenvalue weighted by molar-refractivity contribution is 0.0868. The van der Waals surface area contributed by atoms with Gasteiger partial charge in [-0.15, -0.1) is 0 Å². The fourth-order valence-electron chi connectivity index (χ4n) is 3.18. The van der Waals surface area contributed by atoms with Gasteiger partial charge in [0.15, 0.2) is 11.3 Å². The monoisotopic (exact) mass is 326 g/mol. The Kier molecular flexibility index (Phi) is 2.25. The van der Waals surface area contributed by atoms with Crippen LogP contribution in [0, 0.1) is 0 Å². The van der Waals surface area contributed by atoms with Crippen molar-refractivity contribution in [2.45, 2.75) is 9.86 Å². The molecule has 0 fully saturated rings. The van der Waals surface area contributed by atoms with Crippen molar-refractivity contribution in [1.82, 2.24) is 5.43 Å². The number of nitrogens with one attached hydrogen (secondary N) is 1. The first-order valence-electron chi connectivity index (χ1n) is 6.40. The second kappa shape index (κ2) is 3.79. The largest absolute Gasteiger partial charge is 0.291 e. The summed E-state index contributed by atoms with van der Waals surface area (Å²) in [6.45, 7) is 0. The predicted molar refractivity (Wildman–Crippen MR) is 81.1 cm³/mol. The Morgan fingerprint density at radius 3 is 2.50 bits per heavy atom. The first kappa shape index (κ1) is 11.9. The maximum absolute atomic E-state index is 13.0. The molecular weight excluding hydrogens is 316 g/mol. The summed E-state index contributed by atoms with van der Waals surface area (Å²) in [4.78, 5) is 13.0. The van der Waals surface area contributed by atoms with Gasteiger partial charge in [0.05, 0.1) is 0 Å². The molecule has 2 atom stereocenters. The van der Waals surface area contributed by atoms with Crippen LogP contribution in [0.2, 0.25) is 0 Å². The predicted octanol–water partition coefficient (Wildman–Crippen LogP) is 2.96. The van der Waals surface area contributed by atoms with Crippen LogP contribution in [0.5, 0.6) is 0 Å².